The predicted octanol–water partition coefficient (Wildman–Crippen LogP) is 2.82. The van der Waals surface area contributed by atoms with Gasteiger partial charge < -0.3 is 11.1 Å². The normalized spacial score (nSPS) is 10.8. The number of aromatic nitrogens is 2. The lowest BCUT2D eigenvalue weighted by atomic mass is 10.1. The third-order valence-electron chi connectivity index (χ3n) is 3.09. The number of aryl methyl sites for hydroxylation is 1. The van der Waals surface area contributed by atoms with Gasteiger partial charge in [0.1, 0.15) is 5.82 Å². The van der Waals surface area contributed by atoms with Crippen LogP contribution in [-0.2, 0) is 0 Å². The second-order valence-corrected chi connectivity index (χ2v) is 4.94. The van der Waals surface area contributed by atoms with Crippen molar-refractivity contribution in [3.8, 4) is 0 Å². The molecule has 0 aliphatic heterocycles. The lowest BCUT2D eigenvalue weighted by Crippen LogP contribution is -2.16. The Balaban J connectivity index is 2.29. The van der Waals surface area contributed by atoms with E-state index in [0.29, 0.717) is 16.9 Å². The number of amides is 1. The highest BCUT2D eigenvalue weighted by Gasteiger charge is 2.20. The van der Waals surface area contributed by atoms with Gasteiger partial charge in [-0.3, -0.25) is 9.89 Å². The molecule has 2 aromatic rings. The number of nitrogen functional groups attached to an aromatic ring is 1. The monoisotopic (exact) mass is 276 g/mol. The molecule has 6 heteroatoms. The Morgan fingerprint density at radius 1 is 1.45 bits per heavy atom. The van der Waals surface area contributed by atoms with E-state index in [2.05, 4.69) is 15.5 Å². The number of halogens is 1. The van der Waals surface area contributed by atoms with Crippen molar-refractivity contribution in [2.24, 2.45) is 0 Å². The molecule has 1 amide bonds. The van der Waals surface area contributed by atoms with Crippen molar-refractivity contribution in [3.05, 3.63) is 41.0 Å². The van der Waals surface area contributed by atoms with Crippen LogP contribution in [0.1, 0.15) is 41.5 Å². The molecule has 0 saturated heterocycles. The van der Waals surface area contributed by atoms with Crippen molar-refractivity contribution >= 4 is 17.3 Å². The van der Waals surface area contributed by atoms with Gasteiger partial charge in [0, 0.05) is 0 Å². The number of nitrogens with one attached hydrogen (secondary N) is 2. The number of hydrogen-bond donors (Lipinski definition) is 3. The van der Waals surface area contributed by atoms with Gasteiger partial charge in [-0.1, -0.05) is 26.0 Å². The molecule has 0 unspecified atom stereocenters. The smallest absolute Gasteiger partial charge is 0.278 e. The highest BCUT2D eigenvalue weighted by molar-refractivity contribution is 6.06. The van der Waals surface area contributed by atoms with E-state index in [0.717, 1.165) is 0 Å². The maximum atomic E-state index is 13.7. The van der Waals surface area contributed by atoms with Gasteiger partial charge in [0.15, 0.2) is 5.69 Å². The Kier molecular flexibility index (Phi) is 3.74. The first-order valence-electron chi connectivity index (χ1n) is 6.32. The first-order chi connectivity index (χ1) is 9.41. The molecule has 1 aromatic carbocycles. The van der Waals surface area contributed by atoms with Crippen LogP contribution in [0.25, 0.3) is 0 Å². The lowest BCUT2D eigenvalue weighted by Gasteiger charge is -2.08. The fraction of sp³-hybridized carbons (Fsp3) is 0.286. The molecule has 0 fully saturated rings. The zero-order chi connectivity index (χ0) is 14.9. The Bertz CT molecular complexity index is 628. The Labute approximate surface area is 116 Å². The van der Waals surface area contributed by atoms with E-state index < -0.39 is 11.7 Å². The molecule has 5 nitrogen and oxygen atoms in total. The summed E-state index contributed by atoms with van der Waals surface area (Å²) in [5.41, 5.74) is 7.74. The third-order valence-corrected chi connectivity index (χ3v) is 3.09. The average Bonchev–Trinajstić information content (AvgIpc) is 2.76. The van der Waals surface area contributed by atoms with Crippen LogP contribution in [0.2, 0.25) is 0 Å². The van der Waals surface area contributed by atoms with Crippen molar-refractivity contribution in [2.45, 2.75) is 26.7 Å². The quantitative estimate of drug-likeness (QED) is 0.806. The van der Waals surface area contributed by atoms with Gasteiger partial charge in [0.25, 0.3) is 5.91 Å². The molecule has 4 N–H and O–H groups in total. The number of nitrogens with two attached hydrogens (primary N) is 1. The summed E-state index contributed by atoms with van der Waals surface area (Å²) in [6.45, 7) is 5.59. The van der Waals surface area contributed by atoms with Crippen LogP contribution in [0, 0.1) is 12.7 Å². The first kappa shape index (κ1) is 14.0. The topological polar surface area (TPSA) is 83.8 Å². The summed E-state index contributed by atoms with van der Waals surface area (Å²) in [5.74, 6) is -0.894. The number of carbonyl (C=O) groups excluding carboxylic acids is 1. The maximum absolute atomic E-state index is 13.7. The second kappa shape index (κ2) is 5.32. The largest absolute Gasteiger partial charge is 0.395 e. The van der Waals surface area contributed by atoms with Crippen LogP contribution in [0.15, 0.2) is 18.2 Å². The minimum absolute atomic E-state index is 0.0800. The summed E-state index contributed by atoms with van der Waals surface area (Å²) in [5, 5.41) is 9.16. The molecule has 0 aliphatic rings. The Morgan fingerprint density at radius 2 is 2.15 bits per heavy atom. The summed E-state index contributed by atoms with van der Waals surface area (Å²) in [6.07, 6.45) is 0. The third kappa shape index (κ3) is 2.49. The van der Waals surface area contributed by atoms with E-state index in [-0.39, 0.29) is 17.3 Å². The number of para-hydroxylation sites is 1. The average molecular weight is 276 g/mol. The molecule has 2 rings (SSSR count). The molecule has 106 valence electrons. The predicted molar refractivity (Wildman–Crippen MR) is 76.2 cm³/mol. The van der Waals surface area contributed by atoms with Crippen LogP contribution in [-0.4, -0.2) is 16.1 Å². The first-order valence-corrected chi connectivity index (χ1v) is 6.32. The van der Waals surface area contributed by atoms with Gasteiger partial charge in [-0.05, 0) is 24.5 Å². The summed E-state index contributed by atoms with van der Waals surface area (Å²) < 4.78 is 13.7. The molecule has 0 atom stereocenters. The van der Waals surface area contributed by atoms with Gasteiger partial charge in [0.05, 0.1) is 17.1 Å². The van der Waals surface area contributed by atoms with Gasteiger partial charge in [-0.2, -0.15) is 5.10 Å². The van der Waals surface area contributed by atoms with E-state index >= 15 is 0 Å². The van der Waals surface area contributed by atoms with Crippen molar-refractivity contribution < 1.29 is 9.18 Å². The number of benzene rings is 1. The summed E-state index contributed by atoms with van der Waals surface area (Å²) in [6, 6.07) is 4.59. The molecular weight excluding hydrogens is 259 g/mol. The number of hydrogen-bond acceptors (Lipinski definition) is 3. The number of nitrogens with zero attached hydrogens (tertiary/aromatic N) is 1. The summed E-state index contributed by atoms with van der Waals surface area (Å²) >= 11 is 0. The SMILES string of the molecule is Cc1cccc(F)c1NC(=O)c1n[nH]c(C(C)C)c1N. The highest BCUT2D eigenvalue weighted by atomic mass is 19.1. The van der Waals surface area contributed by atoms with Crippen LogP contribution in [0.4, 0.5) is 15.8 Å². The molecule has 1 heterocycles. The van der Waals surface area contributed by atoms with E-state index in [4.69, 9.17) is 5.73 Å². The zero-order valence-corrected chi connectivity index (χ0v) is 11.6. The van der Waals surface area contributed by atoms with Gasteiger partial charge >= 0.3 is 0 Å². The molecule has 1 aromatic heterocycles. The molecule has 0 bridgehead atoms. The molecular formula is C14H17FN4O. The number of rotatable bonds is 3. The standard InChI is InChI=1S/C14H17FN4O/c1-7(2)11-10(16)13(19-18-11)14(20)17-12-8(3)5-4-6-9(12)15/h4-7H,16H2,1-3H3,(H,17,20)(H,18,19). The molecule has 0 aliphatic carbocycles. The fourth-order valence-corrected chi connectivity index (χ4v) is 1.94. The zero-order valence-electron chi connectivity index (χ0n) is 11.6. The number of aromatic amines is 1. The maximum Gasteiger partial charge on any atom is 0.278 e. The molecule has 0 spiro atoms. The number of anilines is 2. The Hall–Kier alpha value is -2.37. The van der Waals surface area contributed by atoms with Gasteiger partial charge in [0.2, 0.25) is 0 Å². The van der Waals surface area contributed by atoms with Gasteiger partial charge in [-0.25, -0.2) is 4.39 Å². The summed E-state index contributed by atoms with van der Waals surface area (Å²) in [4.78, 5) is 12.1. The fourth-order valence-electron chi connectivity index (χ4n) is 1.94. The molecule has 20 heavy (non-hydrogen) atoms. The minimum atomic E-state index is -0.529. The van der Waals surface area contributed by atoms with Crippen molar-refractivity contribution in [1.82, 2.24) is 10.2 Å². The van der Waals surface area contributed by atoms with Crippen LogP contribution >= 0.6 is 0 Å². The van der Waals surface area contributed by atoms with Crippen molar-refractivity contribution in [3.63, 3.8) is 0 Å². The lowest BCUT2D eigenvalue weighted by molar-refractivity contribution is 0.102. The second-order valence-electron chi connectivity index (χ2n) is 4.94. The summed E-state index contributed by atoms with van der Waals surface area (Å²) in [7, 11) is 0. The van der Waals surface area contributed by atoms with Gasteiger partial charge in [-0.15, -0.1) is 0 Å². The van der Waals surface area contributed by atoms with Crippen LogP contribution < -0.4 is 11.1 Å². The van der Waals surface area contributed by atoms with Crippen LogP contribution in [0.5, 0.6) is 0 Å². The highest BCUT2D eigenvalue weighted by Crippen LogP contribution is 2.24. The minimum Gasteiger partial charge on any atom is -0.395 e. The van der Waals surface area contributed by atoms with Crippen molar-refractivity contribution in [1.29, 1.82) is 0 Å². The number of H-pyrrole nitrogens is 1. The van der Waals surface area contributed by atoms with E-state index in [1.807, 2.05) is 13.8 Å². The van der Waals surface area contributed by atoms with Crippen LogP contribution in [0.3, 0.4) is 0 Å². The Morgan fingerprint density at radius 3 is 2.70 bits per heavy atom. The van der Waals surface area contributed by atoms with Crippen molar-refractivity contribution in [2.75, 3.05) is 11.1 Å². The van der Waals surface area contributed by atoms with E-state index in [1.165, 1.54) is 6.07 Å². The number of carbonyl (C=O) groups is 1. The molecule has 0 radical (unpaired) electrons. The molecule has 0 saturated carbocycles. The van der Waals surface area contributed by atoms with E-state index in [1.54, 1.807) is 19.1 Å². The van der Waals surface area contributed by atoms with E-state index in [9.17, 15) is 9.18 Å².